The van der Waals surface area contributed by atoms with Crippen molar-refractivity contribution >= 4 is 18.8 Å². The molecule has 0 aliphatic rings. The second-order valence-electron chi connectivity index (χ2n) is 2.84. The molecule has 0 unspecified atom stereocenters. The van der Waals surface area contributed by atoms with Gasteiger partial charge in [0, 0.05) is 17.7 Å². The topological polar surface area (TPSA) is 60.2 Å². The van der Waals surface area contributed by atoms with Crippen LogP contribution in [-0.4, -0.2) is 18.0 Å². The lowest BCUT2D eigenvalue weighted by Crippen LogP contribution is -2.00. The van der Waals surface area contributed by atoms with E-state index in [9.17, 15) is 14.9 Å². The lowest BCUT2D eigenvalue weighted by molar-refractivity contribution is -0.384. The summed E-state index contributed by atoms with van der Waals surface area (Å²) >= 11 is 0. The summed E-state index contributed by atoms with van der Waals surface area (Å²) in [6.07, 6.45) is 0.359. The number of benzene rings is 1. The molecule has 0 saturated heterocycles. The van der Waals surface area contributed by atoms with Gasteiger partial charge < -0.3 is 0 Å². The SMILES string of the molecule is C[B]CC(=O)c1ccc([N+](=O)[O-])cc1. The van der Waals surface area contributed by atoms with Gasteiger partial charge in [-0.1, -0.05) is 6.82 Å². The second kappa shape index (κ2) is 4.55. The van der Waals surface area contributed by atoms with Crippen LogP contribution in [0.1, 0.15) is 10.4 Å². The third kappa shape index (κ3) is 2.42. The molecule has 4 nitrogen and oxygen atoms in total. The first-order valence-electron chi connectivity index (χ1n) is 4.20. The highest BCUT2D eigenvalue weighted by Gasteiger charge is 2.08. The van der Waals surface area contributed by atoms with Crippen molar-refractivity contribution in [1.82, 2.24) is 0 Å². The van der Waals surface area contributed by atoms with Gasteiger partial charge in [-0.05, 0) is 18.5 Å². The zero-order valence-electron chi connectivity index (χ0n) is 7.77. The Hall–Kier alpha value is -1.65. The Morgan fingerprint density at radius 2 is 2.00 bits per heavy atom. The number of rotatable bonds is 4. The summed E-state index contributed by atoms with van der Waals surface area (Å²) in [4.78, 5) is 21.2. The number of nitro benzene ring substituents is 1. The minimum Gasteiger partial charge on any atom is -0.295 e. The van der Waals surface area contributed by atoms with Crippen LogP contribution in [0.3, 0.4) is 0 Å². The van der Waals surface area contributed by atoms with Crippen molar-refractivity contribution in [1.29, 1.82) is 0 Å². The molecule has 0 N–H and O–H groups in total. The molecule has 71 valence electrons. The van der Waals surface area contributed by atoms with E-state index in [-0.39, 0.29) is 11.5 Å². The quantitative estimate of drug-likeness (QED) is 0.315. The maximum absolute atomic E-state index is 11.3. The number of nitro groups is 1. The van der Waals surface area contributed by atoms with Crippen LogP contribution in [0.4, 0.5) is 5.69 Å². The molecule has 1 rings (SSSR count). The van der Waals surface area contributed by atoms with Gasteiger partial charge in [0.05, 0.1) is 4.92 Å². The molecule has 0 fully saturated rings. The highest BCUT2D eigenvalue weighted by atomic mass is 16.6. The highest BCUT2D eigenvalue weighted by molar-refractivity contribution is 6.41. The molecule has 1 aromatic carbocycles. The summed E-state index contributed by atoms with van der Waals surface area (Å²) in [5.74, 6) is -0.0256. The molecule has 0 aliphatic carbocycles. The maximum atomic E-state index is 11.3. The summed E-state index contributed by atoms with van der Waals surface area (Å²) in [6.45, 7) is 1.79. The Morgan fingerprint density at radius 1 is 1.43 bits per heavy atom. The number of Topliss-reactive ketones (excluding diaryl/α,β-unsaturated/α-hetero) is 1. The standard InChI is InChI=1S/C9H9BNO3/c1-10-6-9(12)7-2-4-8(5-3-7)11(13)14/h2-5H,6H2,1H3. The van der Waals surface area contributed by atoms with E-state index in [4.69, 9.17) is 0 Å². The summed E-state index contributed by atoms with van der Waals surface area (Å²) in [5, 5.41) is 10.3. The van der Waals surface area contributed by atoms with Gasteiger partial charge in [0.2, 0.25) is 0 Å². The van der Waals surface area contributed by atoms with E-state index in [0.717, 1.165) is 0 Å². The first-order valence-corrected chi connectivity index (χ1v) is 4.20. The van der Waals surface area contributed by atoms with Crippen molar-refractivity contribution in [2.24, 2.45) is 0 Å². The average Bonchev–Trinajstić information content (AvgIpc) is 2.18. The number of nitrogens with zero attached hydrogens (tertiary/aromatic N) is 1. The Balaban J connectivity index is 2.83. The molecule has 1 aromatic rings. The van der Waals surface area contributed by atoms with Gasteiger partial charge in [-0.3, -0.25) is 14.9 Å². The van der Waals surface area contributed by atoms with Gasteiger partial charge in [-0.2, -0.15) is 0 Å². The number of non-ortho nitro benzene ring substituents is 1. The van der Waals surface area contributed by atoms with Crippen LogP contribution in [0.25, 0.3) is 0 Å². The van der Waals surface area contributed by atoms with Gasteiger partial charge in [0.1, 0.15) is 7.28 Å². The van der Waals surface area contributed by atoms with Crippen molar-refractivity contribution in [2.75, 3.05) is 0 Å². The molecule has 0 saturated carbocycles. The predicted molar refractivity (Wildman–Crippen MR) is 53.9 cm³/mol. The first kappa shape index (κ1) is 10.4. The monoisotopic (exact) mass is 190 g/mol. The third-order valence-electron chi connectivity index (χ3n) is 1.79. The molecule has 14 heavy (non-hydrogen) atoms. The van der Waals surface area contributed by atoms with Gasteiger partial charge in [-0.25, -0.2) is 0 Å². The van der Waals surface area contributed by atoms with Crippen LogP contribution in [0.5, 0.6) is 0 Å². The van der Waals surface area contributed by atoms with E-state index in [1.165, 1.54) is 24.3 Å². The van der Waals surface area contributed by atoms with Crippen LogP contribution in [0, 0.1) is 10.1 Å². The van der Waals surface area contributed by atoms with Crippen molar-refractivity contribution in [3.8, 4) is 0 Å². The Kier molecular flexibility index (Phi) is 3.39. The molecule has 0 heterocycles. The normalized spacial score (nSPS) is 9.50. The first-order chi connectivity index (χ1) is 6.65. The summed E-state index contributed by atoms with van der Waals surface area (Å²) in [6, 6.07) is 5.62. The molecule has 1 radical (unpaired) electrons. The van der Waals surface area contributed by atoms with Gasteiger partial charge in [-0.15, -0.1) is 0 Å². The molecule has 0 bridgehead atoms. The van der Waals surface area contributed by atoms with Crippen LogP contribution in [0.15, 0.2) is 24.3 Å². The summed E-state index contributed by atoms with van der Waals surface area (Å²) in [7, 11) is 1.75. The number of hydrogen-bond donors (Lipinski definition) is 0. The fraction of sp³-hybridized carbons (Fsp3) is 0.222. The Labute approximate surface area is 82.3 Å². The van der Waals surface area contributed by atoms with Crippen LogP contribution in [-0.2, 0) is 0 Å². The Bertz CT molecular complexity index is 348. The average molecular weight is 190 g/mol. The zero-order valence-corrected chi connectivity index (χ0v) is 7.77. The summed E-state index contributed by atoms with van der Waals surface area (Å²) < 4.78 is 0. The van der Waals surface area contributed by atoms with Crippen LogP contribution < -0.4 is 0 Å². The van der Waals surface area contributed by atoms with Crippen molar-refractivity contribution < 1.29 is 9.72 Å². The van der Waals surface area contributed by atoms with Crippen molar-refractivity contribution in [3.05, 3.63) is 39.9 Å². The molecule has 0 atom stereocenters. The summed E-state index contributed by atoms with van der Waals surface area (Å²) in [5.41, 5.74) is 0.510. The molecular weight excluding hydrogens is 181 g/mol. The van der Waals surface area contributed by atoms with Gasteiger partial charge in [0.25, 0.3) is 5.69 Å². The predicted octanol–water partition coefficient (Wildman–Crippen LogP) is 1.95. The Morgan fingerprint density at radius 3 is 2.43 bits per heavy atom. The number of carbonyl (C=O) groups is 1. The van der Waals surface area contributed by atoms with E-state index < -0.39 is 4.92 Å². The van der Waals surface area contributed by atoms with E-state index in [0.29, 0.717) is 11.9 Å². The third-order valence-corrected chi connectivity index (χ3v) is 1.79. The van der Waals surface area contributed by atoms with Crippen LogP contribution >= 0.6 is 0 Å². The molecule has 5 heteroatoms. The lowest BCUT2D eigenvalue weighted by Gasteiger charge is -1.97. The number of ketones is 1. The maximum Gasteiger partial charge on any atom is 0.269 e. The fourth-order valence-electron chi connectivity index (χ4n) is 1.07. The highest BCUT2D eigenvalue weighted by Crippen LogP contribution is 2.13. The zero-order chi connectivity index (χ0) is 10.6. The van der Waals surface area contributed by atoms with E-state index in [1.807, 2.05) is 0 Å². The minimum absolute atomic E-state index is 0.00188. The lowest BCUT2D eigenvalue weighted by atomic mass is 9.75. The molecule has 0 aliphatic heterocycles. The number of carbonyl (C=O) groups excluding carboxylic acids is 1. The van der Waals surface area contributed by atoms with E-state index in [2.05, 4.69) is 0 Å². The number of hydrogen-bond acceptors (Lipinski definition) is 3. The minimum atomic E-state index is -0.486. The van der Waals surface area contributed by atoms with Crippen LogP contribution in [0.2, 0.25) is 13.1 Å². The van der Waals surface area contributed by atoms with E-state index >= 15 is 0 Å². The van der Waals surface area contributed by atoms with Crippen molar-refractivity contribution in [3.63, 3.8) is 0 Å². The smallest absolute Gasteiger partial charge is 0.269 e. The fourth-order valence-corrected chi connectivity index (χ4v) is 1.07. The molecule has 0 aromatic heterocycles. The van der Waals surface area contributed by atoms with Crippen molar-refractivity contribution in [2.45, 2.75) is 13.1 Å². The van der Waals surface area contributed by atoms with Gasteiger partial charge in [0.15, 0.2) is 5.78 Å². The van der Waals surface area contributed by atoms with Gasteiger partial charge >= 0.3 is 0 Å². The molecule has 0 amide bonds. The largest absolute Gasteiger partial charge is 0.295 e. The van der Waals surface area contributed by atoms with E-state index in [1.54, 1.807) is 14.1 Å². The molecular formula is C9H9BNO3. The second-order valence-corrected chi connectivity index (χ2v) is 2.84. The molecule has 0 spiro atoms.